The lowest BCUT2D eigenvalue weighted by Gasteiger charge is -2.22. The minimum absolute atomic E-state index is 0.448. The van der Waals surface area contributed by atoms with Crippen LogP contribution in [0.15, 0.2) is 29.3 Å². The van der Waals surface area contributed by atoms with Crippen LogP contribution >= 0.6 is 0 Å². The molecule has 1 fully saturated rings. The Morgan fingerprint density at radius 1 is 1.28 bits per heavy atom. The first-order chi connectivity index (χ1) is 8.88. The number of hydrazine groups is 1. The van der Waals surface area contributed by atoms with Crippen LogP contribution in [-0.4, -0.2) is 18.5 Å². The fraction of sp³-hybridized carbons (Fsp3) is 0.500. The average Bonchev–Trinajstić information content (AvgIpc) is 3.05. The third-order valence-corrected chi connectivity index (χ3v) is 3.90. The molecule has 1 saturated carbocycles. The largest absolute Gasteiger partial charge is 0.311 e. The lowest BCUT2D eigenvalue weighted by atomic mass is 10.2. The van der Waals surface area contributed by atoms with E-state index in [2.05, 4.69) is 34.6 Å². The highest BCUT2D eigenvalue weighted by molar-refractivity contribution is 5.97. The number of guanidine groups is 1. The number of anilines is 1. The van der Waals surface area contributed by atoms with Crippen molar-refractivity contribution in [1.82, 2.24) is 5.43 Å². The number of nitrogens with one attached hydrogen (secondary N) is 1. The number of fused-ring (bicyclic) bond motifs is 1. The molecule has 1 aliphatic heterocycles. The highest BCUT2D eigenvalue weighted by Gasteiger charge is 2.24. The maximum absolute atomic E-state index is 5.67. The van der Waals surface area contributed by atoms with E-state index < -0.39 is 0 Å². The molecule has 1 aliphatic carbocycles. The molecule has 4 nitrogen and oxygen atoms in total. The molecule has 0 aromatic heterocycles. The number of benzene rings is 1. The minimum Gasteiger partial charge on any atom is -0.311 e. The SMILES string of the molecule is NNC(=NC1CCCC1)N1CCc2ccccc21. The molecule has 2 aliphatic rings. The van der Waals surface area contributed by atoms with Crippen molar-refractivity contribution in [1.29, 1.82) is 0 Å². The van der Waals surface area contributed by atoms with Crippen molar-refractivity contribution in [2.45, 2.75) is 38.1 Å². The van der Waals surface area contributed by atoms with Crippen LogP contribution in [0.3, 0.4) is 0 Å². The predicted octanol–water partition coefficient (Wildman–Crippen LogP) is 1.81. The van der Waals surface area contributed by atoms with Crippen molar-refractivity contribution in [3.05, 3.63) is 29.8 Å². The molecule has 0 amide bonds. The summed E-state index contributed by atoms with van der Waals surface area (Å²) in [6.07, 6.45) is 6.05. The highest BCUT2D eigenvalue weighted by Crippen LogP contribution is 2.28. The molecule has 4 heteroatoms. The molecule has 0 atom stereocenters. The maximum Gasteiger partial charge on any atom is 0.213 e. The van der Waals surface area contributed by atoms with Crippen LogP contribution in [0.25, 0.3) is 0 Å². The lowest BCUT2D eigenvalue weighted by Crippen LogP contribution is -2.44. The number of nitrogens with zero attached hydrogens (tertiary/aromatic N) is 2. The quantitative estimate of drug-likeness (QED) is 0.343. The van der Waals surface area contributed by atoms with Gasteiger partial charge in [0.15, 0.2) is 0 Å². The van der Waals surface area contributed by atoms with E-state index in [9.17, 15) is 0 Å². The molecule has 3 N–H and O–H groups in total. The van der Waals surface area contributed by atoms with Gasteiger partial charge in [-0.1, -0.05) is 31.0 Å². The summed E-state index contributed by atoms with van der Waals surface area (Å²) in [5.74, 6) is 6.49. The Morgan fingerprint density at radius 2 is 2.06 bits per heavy atom. The Bertz CT molecular complexity index is 449. The first-order valence-electron chi connectivity index (χ1n) is 6.78. The Balaban J connectivity index is 1.85. The normalized spacial score (nSPS) is 20.3. The van der Waals surface area contributed by atoms with E-state index in [1.54, 1.807) is 0 Å². The molecule has 1 aromatic carbocycles. The molecule has 3 rings (SSSR count). The zero-order valence-electron chi connectivity index (χ0n) is 10.6. The molecule has 1 aromatic rings. The van der Waals surface area contributed by atoms with Gasteiger partial charge in [-0.25, -0.2) is 10.8 Å². The molecule has 96 valence electrons. The van der Waals surface area contributed by atoms with Crippen LogP contribution in [0.5, 0.6) is 0 Å². The first-order valence-corrected chi connectivity index (χ1v) is 6.78. The molecule has 0 bridgehead atoms. The summed E-state index contributed by atoms with van der Waals surface area (Å²) in [6, 6.07) is 8.93. The summed E-state index contributed by atoms with van der Waals surface area (Å²) >= 11 is 0. The molecule has 0 radical (unpaired) electrons. The zero-order chi connectivity index (χ0) is 12.4. The summed E-state index contributed by atoms with van der Waals surface area (Å²) < 4.78 is 0. The van der Waals surface area contributed by atoms with Crippen LogP contribution in [-0.2, 0) is 6.42 Å². The summed E-state index contributed by atoms with van der Waals surface area (Å²) in [6.45, 7) is 0.967. The number of aliphatic imine (C=N–C) groups is 1. The summed E-state index contributed by atoms with van der Waals surface area (Å²) in [5.41, 5.74) is 5.41. The van der Waals surface area contributed by atoms with Crippen LogP contribution < -0.4 is 16.2 Å². The number of rotatable bonds is 1. The van der Waals surface area contributed by atoms with Crippen LogP contribution in [0, 0.1) is 0 Å². The van der Waals surface area contributed by atoms with Crippen molar-refractivity contribution >= 4 is 11.6 Å². The zero-order valence-corrected chi connectivity index (χ0v) is 10.6. The Kier molecular flexibility index (Phi) is 3.19. The number of nitrogens with two attached hydrogens (primary N) is 1. The van der Waals surface area contributed by atoms with E-state index >= 15 is 0 Å². The fourth-order valence-electron chi connectivity index (χ4n) is 2.95. The van der Waals surface area contributed by atoms with Gasteiger partial charge in [0.05, 0.1) is 6.04 Å². The van der Waals surface area contributed by atoms with E-state index in [-0.39, 0.29) is 0 Å². The second-order valence-electron chi connectivity index (χ2n) is 5.07. The Labute approximate surface area is 108 Å². The van der Waals surface area contributed by atoms with Crippen molar-refractivity contribution in [3.8, 4) is 0 Å². The van der Waals surface area contributed by atoms with Gasteiger partial charge in [0.2, 0.25) is 5.96 Å². The third-order valence-electron chi connectivity index (χ3n) is 3.90. The van der Waals surface area contributed by atoms with Crippen molar-refractivity contribution in [3.63, 3.8) is 0 Å². The van der Waals surface area contributed by atoms with Gasteiger partial charge in [0, 0.05) is 12.2 Å². The highest BCUT2D eigenvalue weighted by atomic mass is 15.4. The van der Waals surface area contributed by atoms with E-state index in [4.69, 9.17) is 10.8 Å². The number of para-hydroxylation sites is 1. The molecule has 18 heavy (non-hydrogen) atoms. The summed E-state index contributed by atoms with van der Waals surface area (Å²) in [5, 5.41) is 0. The lowest BCUT2D eigenvalue weighted by molar-refractivity contribution is 0.695. The molecule has 0 spiro atoms. The van der Waals surface area contributed by atoms with Gasteiger partial charge in [0.25, 0.3) is 0 Å². The molecule has 0 saturated heterocycles. The van der Waals surface area contributed by atoms with E-state index in [0.29, 0.717) is 6.04 Å². The molecule has 0 unspecified atom stereocenters. The Hall–Kier alpha value is -1.55. The predicted molar refractivity (Wildman–Crippen MR) is 74.5 cm³/mol. The molecular weight excluding hydrogens is 224 g/mol. The van der Waals surface area contributed by atoms with Crippen molar-refractivity contribution in [2.24, 2.45) is 10.8 Å². The van der Waals surface area contributed by atoms with E-state index in [1.165, 1.54) is 36.9 Å². The average molecular weight is 244 g/mol. The van der Waals surface area contributed by atoms with E-state index in [1.807, 2.05) is 0 Å². The number of hydrogen-bond donors (Lipinski definition) is 2. The van der Waals surface area contributed by atoms with Gasteiger partial charge in [-0.2, -0.15) is 0 Å². The monoisotopic (exact) mass is 244 g/mol. The van der Waals surface area contributed by atoms with Gasteiger partial charge < -0.3 is 4.90 Å². The van der Waals surface area contributed by atoms with Gasteiger partial charge in [-0.05, 0) is 30.9 Å². The second-order valence-corrected chi connectivity index (χ2v) is 5.07. The Morgan fingerprint density at radius 3 is 2.83 bits per heavy atom. The van der Waals surface area contributed by atoms with Crippen molar-refractivity contribution in [2.75, 3.05) is 11.4 Å². The minimum atomic E-state index is 0.448. The third kappa shape index (κ3) is 2.08. The van der Waals surface area contributed by atoms with E-state index in [0.717, 1.165) is 18.9 Å². The number of hydrogen-bond acceptors (Lipinski definition) is 2. The smallest absolute Gasteiger partial charge is 0.213 e. The standard InChI is InChI=1S/C14H20N4/c15-17-14(16-12-6-2-3-7-12)18-10-9-11-5-1-4-8-13(11)18/h1,4-5,8,12H,2-3,6-7,9-10,15H2,(H,16,17). The van der Waals surface area contributed by atoms with Crippen molar-refractivity contribution < 1.29 is 0 Å². The topological polar surface area (TPSA) is 53.6 Å². The fourth-order valence-corrected chi connectivity index (χ4v) is 2.95. The van der Waals surface area contributed by atoms with Crippen LogP contribution in [0.4, 0.5) is 5.69 Å². The van der Waals surface area contributed by atoms with Gasteiger partial charge in [-0.3, -0.25) is 5.43 Å². The molecule has 1 heterocycles. The summed E-state index contributed by atoms with van der Waals surface area (Å²) in [4.78, 5) is 6.98. The summed E-state index contributed by atoms with van der Waals surface area (Å²) in [7, 11) is 0. The first kappa shape index (κ1) is 11.5. The van der Waals surface area contributed by atoms with Gasteiger partial charge >= 0.3 is 0 Å². The van der Waals surface area contributed by atoms with Gasteiger partial charge in [0.1, 0.15) is 0 Å². The maximum atomic E-state index is 5.67. The van der Waals surface area contributed by atoms with Crippen LogP contribution in [0.1, 0.15) is 31.2 Å². The molecular formula is C14H20N4. The van der Waals surface area contributed by atoms with Crippen LogP contribution in [0.2, 0.25) is 0 Å². The second kappa shape index (κ2) is 4.98. The van der Waals surface area contributed by atoms with Gasteiger partial charge in [-0.15, -0.1) is 0 Å².